The fourth-order valence-corrected chi connectivity index (χ4v) is 3.94. The molecule has 0 spiro atoms. The molecule has 1 fully saturated rings. The van der Waals surface area contributed by atoms with Gasteiger partial charge < -0.3 is 5.32 Å². The first-order valence-electron chi connectivity index (χ1n) is 6.91. The van der Waals surface area contributed by atoms with E-state index in [9.17, 15) is 8.42 Å². The van der Waals surface area contributed by atoms with Gasteiger partial charge in [0, 0.05) is 20.1 Å². The van der Waals surface area contributed by atoms with Gasteiger partial charge in [-0.3, -0.25) is 4.68 Å². The Morgan fingerprint density at radius 3 is 2.86 bits per heavy atom. The lowest BCUT2D eigenvalue weighted by atomic mass is 10.3. The molecule has 8 nitrogen and oxygen atoms in total. The standard InChI is InChI=1S/C12H18N6O2S/c1-3-13-11-9-7-14-17(2)12(9)16-10(15-11)8-18-5-4-6-21(18,19)20/h7H,3-6,8H2,1-2H3,(H,13,15,16). The van der Waals surface area contributed by atoms with E-state index >= 15 is 0 Å². The Morgan fingerprint density at radius 2 is 2.19 bits per heavy atom. The van der Waals surface area contributed by atoms with Gasteiger partial charge in [0.2, 0.25) is 10.0 Å². The van der Waals surface area contributed by atoms with Crippen LogP contribution in [0.25, 0.3) is 11.0 Å². The minimum atomic E-state index is -3.15. The second kappa shape index (κ2) is 5.23. The fourth-order valence-electron chi connectivity index (χ4n) is 2.47. The van der Waals surface area contributed by atoms with Crippen molar-refractivity contribution in [1.82, 2.24) is 24.1 Å². The highest BCUT2D eigenvalue weighted by atomic mass is 32.2. The topological polar surface area (TPSA) is 93.0 Å². The summed E-state index contributed by atoms with van der Waals surface area (Å²) in [5, 5.41) is 8.20. The maximum absolute atomic E-state index is 11.9. The van der Waals surface area contributed by atoms with E-state index in [1.165, 1.54) is 4.31 Å². The third-order valence-electron chi connectivity index (χ3n) is 3.50. The van der Waals surface area contributed by atoms with Crippen molar-refractivity contribution >= 4 is 26.9 Å². The Morgan fingerprint density at radius 1 is 1.38 bits per heavy atom. The predicted molar refractivity (Wildman–Crippen MR) is 79.3 cm³/mol. The van der Waals surface area contributed by atoms with Crippen molar-refractivity contribution in [2.24, 2.45) is 7.05 Å². The average Bonchev–Trinajstić information content (AvgIpc) is 2.95. The van der Waals surface area contributed by atoms with Gasteiger partial charge in [-0.05, 0) is 13.3 Å². The Bertz CT molecular complexity index is 769. The van der Waals surface area contributed by atoms with Crippen LogP contribution >= 0.6 is 0 Å². The molecule has 1 aliphatic rings. The fraction of sp³-hybridized carbons (Fsp3) is 0.583. The van der Waals surface area contributed by atoms with Gasteiger partial charge in [-0.25, -0.2) is 18.4 Å². The maximum atomic E-state index is 11.9. The van der Waals surface area contributed by atoms with Gasteiger partial charge in [0.1, 0.15) is 11.6 Å². The first-order chi connectivity index (χ1) is 10.0. The van der Waals surface area contributed by atoms with Gasteiger partial charge in [-0.1, -0.05) is 0 Å². The molecule has 0 radical (unpaired) electrons. The number of aryl methyl sites for hydroxylation is 1. The van der Waals surface area contributed by atoms with Crippen LogP contribution in [0.1, 0.15) is 19.2 Å². The SMILES string of the molecule is CCNc1nc(CN2CCCS2(=O)=O)nc2c1cnn2C. The van der Waals surface area contributed by atoms with E-state index in [-0.39, 0.29) is 12.3 Å². The monoisotopic (exact) mass is 310 g/mol. The van der Waals surface area contributed by atoms with Crippen LogP contribution in [0.5, 0.6) is 0 Å². The van der Waals surface area contributed by atoms with Gasteiger partial charge in [0.05, 0.1) is 23.9 Å². The van der Waals surface area contributed by atoms with Crippen molar-refractivity contribution < 1.29 is 8.42 Å². The molecule has 1 aliphatic heterocycles. The van der Waals surface area contributed by atoms with E-state index in [1.54, 1.807) is 17.9 Å². The molecule has 21 heavy (non-hydrogen) atoms. The first-order valence-corrected chi connectivity index (χ1v) is 8.52. The third-order valence-corrected chi connectivity index (χ3v) is 5.41. The van der Waals surface area contributed by atoms with Gasteiger partial charge in [-0.15, -0.1) is 0 Å². The number of nitrogens with zero attached hydrogens (tertiary/aromatic N) is 5. The van der Waals surface area contributed by atoms with E-state index in [4.69, 9.17) is 0 Å². The molecule has 0 bridgehead atoms. The summed E-state index contributed by atoms with van der Waals surface area (Å²) in [5.74, 6) is 1.40. The van der Waals surface area contributed by atoms with Crippen LogP contribution in [0.4, 0.5) is 5.82 Å². The average molecular weight is 310 g/mol. The minimum Gasteiger partial charge on any atom is -0.370 e. The summed E-state index contributed by atoms with van der Waals surface area (Å²) < 4.78 is 26.9. The molecular weight excluding hydrogens is 292 g/mol. The molecule has 114 valence electrons. The lowest BCUT2D eigenvalue weighted by Gasteiger charge is -2.14. The zero-order valence-corrected chi connectivity index (χ0v) is 12.9. The van der Waals surface area contributed by atoms with Crippen LogP contribution in [0.3, 0.4) is 0 Å². The van der Waals surface area contributed by atoms with Crippen LogP contribution in [0.2, 0.25) is 0 Å². The Labute approximate surface area is 123 Å². The summed E-state index contributed by atoms with van der Waals surface area (Å²) in [4.78, 5) is 8.90. The van der Waals surface area contributed by atoms with Crippen molar-refractivity contribution in [2.75, 3.05) is 24.2 Å². The summed E-state index contributed by atoms with van der Waals surface area (Å²) in [6.07, 6.45) is 2.38. The number of hydrogen-bond donors (Lipinski definition) is 1. The predicted octanol–water partition coefficient (Wildman–Crippen LogP) is 0.331. The van der Waals surface area contributed by atoms with Crippen LogP contribution < -0.4 is 5.32 Å². The van der Waals surface area contributed by atoms with Crippen LogP contribution in [-0.2, 0) is 23.6 Å². The number of nitrogens with one attached hydrogen (secondary N) is 1. The largest absolute Gasteiger partial charge is 0.370 e. The number of sulfonamides is 1. The molecule has 3 rings (SSSR count). The second-order valence-electron chi connectivity index (χ2n) is 5.03. The van der Waals surface area contributed by atoms with E-state index in [0.29, 0.717) is 30.3 Å². The van der Waals surface area contributed by atoms with E-state index in [0.717, 1.165) is 11.9 Å². The summed E-state index contributed by atoms with van der Waals surface area (Å²) in [6, 6.07) is 0. The van der Waals surface area contributed by atoms with E-state index < -0.39 is 10.0 Å². The molecule has 9 heteroatoms. The molecule has 0 aromatic carbocycles. The zero-order chi connectivity index (χ0) is 15.0. The van der Waals surface area contributed by atoms with E-state index in [2.05, 4.69) is 20.4 Å². The van der Waals surface area contributed by atoms with Crippen LogP contribution in [0.15, 0.2) is 6.20 Å². The van der Waals surface area contributed by atoms with Crippen molar-refractivity contribution in [3.8, 4) is 0 Å². The maximum Gasteiger partial charge on any atom is 0.214 e. The molecule has 2 aromatic rings. The summed E-state index contributed by atoms with van der Waals surface area (Å²) >= 11 is 0. The van der Waals surface area contributed by atoms with Gasteiger partial charge in [0.25, 0.3) is 0 Å². The van der Waals surface area contributed by atoms with Gasteiger partial charge in [0.15, 0.2) is 5.65 Å². The number of anilines is 1. The molecule has 0 aliphatic carbocycles. The lowest BCUT2D eigenvalue weighted by molar-refractivity contribution is 0.429. The molecule has 1 N–H and O–H groups in total. The Balaban J connectivity index is 2.00. The van der Waals surface area contributed by atoms with Crippen molar-refractivity contribution in [2.45, 2.75) is 19.9 Å². The summed E-state index contributed by atoms with van der Waals surface area (Å²) in [7, 11) is -1.34. The highest BCUT2D eigenvalue weighted by molar-refractivity contribution is 7.89. The lowest BCUT2D eigenvalue weighted by Crippen LogP contribution is -2.26. The summed E-state index contributed by atoms with van der Waals surface area (Å²) in [5.41, 5.74) is 0.701. The number of aromatic nitrogens is 4. The third kappa shape index (κ3) is 2.58. The quantitative estimate of drug-likeness (QED) is 0.875. The molecule has 1 saturated heterocycles. The second-order valence-corrected chi connectivity index (χ2v) is 7.12. The highest BCUT2D eigenvalue weighted by Crippen LogP contribution is 2.22. The minimum absolute atomic E-state index is 0.209. The molecule has 0 unspecified atom stereocenters. The number of fused-ring (bicyclic) bond motifs is 1. The molecule has 0 amide bonds. The number of rotatable bonds is 4. The van der Waals surface area contributed by atoms with Crippen LogP contribution in [0, 0.1) is 0 Å². The smallest absolute Gasteiger partial charge is 0.214 e. The summed E-state index contributed by atoms with van der Waals surface area (Å²) in [6.45, 7) is 3.45. The molecule has 3 heterocycles. The van der Waals surface area contributed by atoms with Crippen molar-refractivity contribution in [3.05, 3.63) is 12.0 Å². The first kappa shape index (κ1) is 14.2. The van der Waals surface area contributed by atoms with Crippen LogP contribution in [-0.4, -0.2) is 51.3 Å². The Kier molecular flexibility index (Phi) is 3.54. The van der Waals surface area contributed by atoms with E-state index in [1.807, 2.05) is 6.92 Å². The zero-order valence-electron chi connectivity index (χ0n) is 12.1. The molecule has 2 aromatic heterocycles. The molecule has 0 atom stereocenters. The normalized spacial score (nSPS) is 18.4. The number of hydrogen-bond acceptors (Lipinski definition) is 6. The Hall–Kier alpha value is -1.74. The van der Waals surface area contributed by atoms with Gasteiger partial charge in [-0.2, -0.15) is 9.40 Å². The van der Waals surface area contributed by atoms with Gasteiger partial charge >= 0.3 is 0 Å². The van der Waals surface area contributed by atoms with Crippen molar-refractivity contribution in [3.63, 3.8) is 0 Å². The molecular formula is C12H18N6O2S. The van der Waals surface area contributed by atoms with Crippen molar-refractivity contribution in [1.29, 1.82) is 0 Å². The highest BCUT2D eigenvalue weighted by Gasteiger charge is 2.29. The molecule has 0 saturated carbocycles.